The van der Waals surface area contributed by atoms with Gasteiger partial charge in [0, 0.05) is 0 Å². The molecule has 1 saturated heterocycles. The van der Waals surface area contributed by atoms with E-state index in [9.17, 15) is 0 Å². The molecule has 3 nitrogen and oxygen atoms in total. The normalized spacial score (nSPS) is 29.3. The number of hydrogen-bond acceptors (Lipinski definition) is 3. The minimum atomic E-state index is 0.00438. The van der Waals surface area contributed by atoms with Crippen LogP contribution in [0.25, 0.3) is 0 Å². The lowest BCUT2D eigenvalue weighted by molar-refractivity contribution is -0.113. The summed E-state index contributed by atoms with van der Waals surface area (Å²) in [6.45, 7) is 16.1. The van der Waals surface area contributed by atoms with E-state index in [0.717, 1.165) is 25.7 Å². The van der Waals surface area contributed by atoms with Crippen molar-refractivity contribution in [1.29, 1.82) is 0 Å². The highest BCUT2D eigenvalue weighted by atomic mass is 16.6. The summed E-state index contributed by atoms with van der Waals surface area (Å²) in [7, 11) is 0. The molecule has 0 radical (unpaired) electrons. The maximum Gasteiger partial charge on any atom is 0.0876 e. The summed E-state index contributed by atoms with van der Waals surface area (Å²) in [6, 6.07) is 0. The second-order valence-corrected chi connectivity index (χ2v) is 5.16. The molecule has 1 rings (SSSR count). The van der Waals surface area contributed by atoms with Crippen LogP contribution in [0.4, 0.5) is 0 Å². The Hall–Kier alpha value is -1.16. The molecule has 3 heteroatoms. The third-order valence-electron chi connectivity index (χ3n) is 3.57. The van der Waals surface area contributed by atoms with Crippen molar-refractivity contribution in [2.24, 2.45) is 0 Å². The Morgan fingerprint density at radius 3 is 1.52 bits per heavy atom. The van der Waals surface area contributed by atoms with Gasteiger partial charge in [-0.1, -0.05) is 24.3 Å². The summed E-state index contributed by atoms with van der Waals surface area (Å²) in [5.74, 6) is 0. The van der Waals surface area contributed by atoms with Crippen LogP contribution in [-0.2, 0) is 14.2 Å². The van der Waals surface area contributed by atoms with Crippen LogP contribution >= 0.6 is 0 Å². The van der Waals surface area contributed by atoms with Crippen molar-refractivity contribution in [3.63, 3.8) is 0 Å². The predicted molar refractivity (Wildman–Crippen MR) is 87.4 cm³/mol. The SMILES string of the molecule is C=CCO[C@H]1CC[C@@H](OCC=C)[C@H](CC=C)O[C@@H]1CC=C. The third-order valence-corrected chi connectivity index (χ3v) is 3.57. The van der Waals surface area contributed by atoms with Crippen molar-refractivity contribution in [3.05, 3.63) is 50.6 Å². The lowest BCUT2D eigenvalue weighted by atomic mass is 10.0. The molecule has 1 heterocycles. The molecule has 0 unspecified atom stereocenters. The van der Waals surface area contributed by atoms with Crippen molar-refractivity contribution in [2.45, 2.75) is 50.1 Å². The van der Waals surface area contributed by atoms with Crippen LogP contribution in [-0.4, -0.2) is 37.6 Å². The van der Waals surface area contributed by atoms with Crippen molar-refractivity contribution in [1.82, 2.24) is 0 Å². The van der Waals surface area contributed by atoms with Gasteiger partial charge in [0.15, 0.2) is 0 Å². The van der Waals surface area contributed by atoms with Gasteiger partial charge in [0.1, 0.15) is 0 Å². The highest BCUT2D eigenvalue weighted by Gasteiger charge is 2.34. The molecule has 0 aromatic heterocycles. The third kappa shape index (κ3) is 6.00. The molecule has 0 aliphatic carbocycles. The molecule has 0 amide bonds. The molecule has 0 aromatic rings. The Morgan fingerprint density at radius 1 is 0.762 bits per heavy atom. The van der Waals surface area contributed by atoms with Crippen LogP contribution in [0, 0.1) is 0 Å². The number of hydrogen-bond donors (Lipinski definition) is 0. The topological polar surface area (TPSA) is 27.7 Å². The van der Waals surface area contributed by atoms with Gasteiger partial charge in [-0.2, -0.15) is 0 Å². The van der Waals surface area contributed by atoms with Gasteiger partial charge in [-0.3, -0.25) is 0 Å². The van der Waals surface area contributed by atoms with E-state index in [1.165, 1.54) is 0 Å². The van der Waals surface area contributed by atoms with Gasteiger partial charge in [0.2, 0.25) is 0 Å². The molecule has 1 aliphatic rings. The first-order chi connectivity index (χ1) is 10.3. The molecular weight excluding hydrogens is 264 g/mol. The molecule has 1 aliphatic heterocycles. The average Bonchev–Trinajstić information content (AvgIpc) is 2.64. The first kappa shape index (κ1) is 17.9. The molecule has 1 fully saturated rings. The monoisotopic (exact) mass is 292 g/mol. The van der Waals surface area contributed by atoms with Gasteiger partial charge >= 0.3 is 0 Å². The lowest BCUT2D eigenvalue weighted by Gasteiger charge is -2.28. The summed E-state index contributed by atoms with van der Waals surface area (Å²) in [5.41, 5.74) is 0. The molecule has 0 aromatic carbocycles. The molecule has 118 valence electrons. The summed E-state index contributed by atoms with van der Waals surface area (Å²) >= 11 is 0. The molecule has 0 saturated carbocycles. The van der Waals surface area contributed by atoms with E-state index in [-0.39, 0.29) is 24.4 Å². The Morgan fingerprint density at radius 2 is 1.19 bits per heavy atom. The Labute approximate surface area is 129 Å². The second-order valence-electron chi connectivity index (χ2n) is 5.16. The van der Waals surface area contributed by atoms with E-state index < -0.39 is 0 Å². The van der Waals surface area contributed by atoms with Gasteiger partial charge in [0.05, 0.1) is 37.6 Å². The van der Waals surface area contributed by atoms with Crippen molar-refractivity contribution in [2.75, 3.05) is 13.2 Å². The summed E-state index contributed by atoms with van der Waals surface area (Å²) in [6.07, 6.45) is 10.7. The van der Waals surface area contributed by atoms with Crippen LogP contribution in [0.2, 0.25) is 0 Å². The zero-order valence-electron chi connectivity index (χ0n) is 12.9. The van der Waals surface area contributed by atoms with Gasteiger partial charge < -0.3 is 14.2 Å². The highest BCUT2D eigenvalue weighted by Crippen LogP contribution is 2.27. The molecule has 4 atom stereocenters. The van der Waals surface area contributed by atoms with Gasteiger partial charge in [-0.15, -0.1) is 26.3 Å². The molecule has 21 heavy (non-hydrogen) atoms. The van der Waals surface area contributed by atoms with Crippen LogP contribution in [0.1, 0.15) is 25.7 Å². The fourth-order valence-corrected chi connectivity index (χ4v) is 2.61. The quantitative estimate of drug-likeness (QED) is 0.573. The number of ether oxygens (including phenoxy) is 3. The van der Waals surface area contributed by atoms with Crippen LogP contribution < -0.4 is 0 Å². The predicted octanol–water partition coefficient (Wildman–Crippen LogP) is 3.83. The summed E-state index contributed by atoms with van der Waals surface area (Å²) in [5, 5.41) is 0. The standard InChI is InChI=1S/C18H28O3/c1-5-9-17-15(19-13-7-3)11-12-16(20-14-8-4)18(21-17)10-6-2/h5-8,15-18H,1-4,9-14H2/t15-,16+,17+,18-. The van der Waals surface area contributed by atoms with Crippen molar-refractivity contribution < 1.29 is 14.2 Å². The van der Waals surface area contributed by atoms with E-state index in [4.69, 9.17) is 14.2 Å². The molecular formula is C18H28O3. The maximum atomic E-state index is 6.25. The minimum Gasteiger partial charge on any atom is -0.371 e. The molecule has 0 bridgehead atoms. The lowest BCUT2D eigenvalue weighted by Crippen LogP contribution is -2.35. The van der Waals surface area contributed by atoms with E-state index in [1.807, 2.05) is 12.2 Å². The van der Waals surface area contributed by atoms with Gasteiger partial charge in [-0.05, 0) is 25.7 Å². The van der Waals surface area contributed by atoms with E-state index >= 15 is 0 Å². The average molecular weight is 292 g/mol. The van der Waals surface area contributed by atoms with E-state index in [1.54, 1.807) is 12.2 Å². The first-order valence-electron chi connectivity index (χ1n) is 7.59. The maximum absolute atomic E-state index is 6.25. The minimum absolute atomic E-state index is 0.00438. The second kappa shape index (κ2) is 10.6. The Kier molecular flexibility index (Phi) is 8.99. The fourth-order valence-electron chi connectivity index (χ4n) is 2.61. The summed E-state index contributed by atoms with van der Waals surface area (Å²) < 4.78 is 18.0. The van der Waals surface area contributed by atoms with Crippen LogP contribution in [0.15, 0.2) is 50.6 Å². The largest absolute Gasteiger partial charge is 0.371 e. The van der Waals surface area contributed by atoms with Crippen molar-refractivity contribution in [3.8, 4) is 0 Å². The smallest absolute Gasteiger partial charge is 0.0876 e. The Balaban J connectivity index is 2.78. The zero-order valence-corrected chi connectivity index (χ0v) is 12.9. The van der Waals surface area contributed by atoms with Crippen LogP contribution in [0.3, 0.4) is 0 Å². The highest BCUT2D eigenvalue weighted by molar-refractivity contribution is 4.90. The Bertz CT molecular complexity index is 305. The summed E-state index contributed by atoms with van der Waals surface area (Å²) in [4.78, 5) is 0. The van der Waals surface area contributed by atoms with Crippen LogP contribution in [0.5, 0.6) is 0 Å². The van der Waals surface area contributed by atoms with Crippen molar-refractivity contribution >= 4 is 0 Å². The van der Waals surface area contributed by atoms with Gasteiger partial charge in [-0.25, -0.2) is 0 Å². The first-order valence-corrected chi connectivity index (χ1v) is 7.59. The number of rotatable bonds is 10. The van der Waals surface area contributed by atoms with E-state index in [2.05, 4.69) is 26.3 Å². The fraction of sp³-hybridized carbons (Fsp3) is 0.556. The van der Waals surface area contributed by atoms with Gasteiger partial charge in [0.25, 0.3) is 0 Å². The zero-order chi connectivity index (χ0) is 15.5. The molecule has 0 spiro atoms. The van der Waals surface area contributed by atoms with E-state index in [0.29, 0.717) is 13.2 Å². The molecule has 0 N–H and O–H groups in total.